The first kappa shape index (κ1) is 12.4. The van der Waals surface area contributed by atoms with E-state index in [1.54, 1.807) is 0 Å². The van der Waals surface area contributed by atoms with Crippen molar-refractivity contribution in [2.24, 2.45) is 4.99 Å². The van der Waals surface area contributed by atoms with E-state index in [0.29, 0.717) is 0 Å². The van der Waals surface area contributed by atoms with Crippen molar-refractivity contribution in [3.63, 3.8) is 0 Å². The van der Waals surface area contributed by atoms with Crippen LogP contribution in [-0.4, -0.2) is 20.3 Å². The van der Waals surface area contributed by atoms with Gasteiger partial charge in [-0.3, -0.25) is 4.99 Å². The minimum atomic E-state index is 0.904. The molecule has 1 heterocycles. The third-order valence-corrected chi connectivity index (χ3v) is 2.80. The summed E-state index contributed by atoms with van der Waals surface area (Å²) in [5, 5.41) is 0. The molecule has 0 amide bonds. The number of hydrogen-bond donors (Lipinski definition) is 0. The minimum absolute atomic E-state index is 0.904. The van der Waals surface area contributed by atoms with Crippen LogP contribution in [0.3, 0.4) is 0 Å². The summed E-state index contributed by atoms with van der Waals surface area (Å²) in [7, 11) is 4.05. The van der Waals surface area contributed by atoms with Crippen molar-refractivity contribution in [1.82, 2.24) is 0 Å². The molecule has 2 aromatic rings. The maximum atomic E-state index is 5.46. The van der Waals surface area contributed by atoms with Gasteiger partial charge in [0.25, 0.3) is 0 Å². The van der Waals surface area contributed by atoms with Crippen LogP contribution in [0.25, 0.3) is 0 Å². The lowest BCUT2D eigenvalue weighted by molar-refractivity contribution is 0.504. The van der Waals surface area contributed by atoms with Crippen LogP contribution in [-0.2, 0) is 0 Å². The molecule has 3 heteroatoms. The standard InChI is InChI=1S/C15H18N2O/c1-11-9-13(12(2)18-11)10-16-14-5-7-15(8-6-14)17(3)4/h5-10H,1-4H3. The zero-order chi connectivity index (χ0) is 13.1. The summed E-state index contributed by atoms with van der Waals surface area (Å²) in [4.78, 5) is 6.51. The molecule has 1 aromatic heterocycles. The molecule has 0 aliphatic heterocycles. The van der Waals surface area contributed by atoms with Gasteiger partial charge in [0.05, 0.1) is 5.69 Å². The van der Waals surface area contributed by atoms with E-state index in [1.807, 2.05) is 52.4 Å². The molecule has 0 spiro atoms. The summed E-state index contributed by atoms with van der Waals surface area (Å²) in [6, 6.07) is 10.1. The lowest BCUT2D eigenvalue weighted by Gasteiger charge is -2.11. The molecule has 0 saturated heterocycles. The predicted molar refractivity (Wildman–Crippen MR) is 76.2 cm³/mol. The molecule has 1 aromatic carbocycles. The van der Waals surface area contributed by atoms with Crippen molar-refractivity contribution >= 4 is 17.6 Å². The largest absolute Gasteiger partial charge is 0.466 e. The number of aryl methyl sites for hydroxylation is 2. The van der Waals surface area contributed by atoms with Crippen LogP contribution >= 0.6 is 0 Å². The normalized spacial score (nSPS) is 11.1. The van der Waals surface area contributed by atoms with Crippen LogP contribution in [0.1, 0.15) is 17.1 Å². The molecule has 3 nitrogen and oxygen atoms in total. The fourth-order valence-corrected chi connectivity index (χ4v) is 1.76. The average Bonchev–Trinajstić information content (AvgIpc) is 2.66. The van der Waals surface area contributed by atoms with Gasteiger partial charge in [0.15, 0.2) is 0 Å². The quantitative estimate of drug-likeness (QED) is 0.768. The molecular weight excluding hydrogens is 224 g/mol. The summed E-state index contributed by atoms with van der Waals surface area (Å²) in [6.07, 6.45) is 1.84. The zero-order valence-electron chi connectivity index (χ0n) is 11.3. The van der Waals surface area contributed by atoms with Gasteiger partial charge in [-0.05, 0) is 44.2 Å². The fraction of sp³-hybridized carbons (Fsp3) is 0.267. The zero-order valence-corrected chi connectivity index (χ0v) is 11.3. The first-order valence-corrected chi connectivity index (χ1v) is 5.95. The van der Waals surface area contributed by atoms with Crippen molar-refractivity contribution in [3.05, 3.63) is 47.4 Å². The summed E-state index contributed by atoms with van der Waals surface area (Å²) < 4.78 is 5.46. The monoisotopic (exact) mass is 242 g/mol. The highest BCUT2D eigenvalue weighted by molar-refractivity contribution is 5.83. The lowest BCUT2D eigenvalue weighted by atomic mass is 10.2. The number of aliphatic imine (C=N–C) groups is 1. The molecule has 0 radical (unpaired) electrons. The first-order chi connectivity index (χ1) is 8.56. The van der Waals surface area contributed by atoms with Crippen LogP contribution in [0.4, 0.5) is 11.4 Å². The molecule has 0 fully saturated rings. The maximum Gasteiger partial charge on any atom is 0.109 e. The Kier molecular flexibility index (Phi) is 3.51. The van der Waals surface area contributed by atoms with Crippen molar-refractivity contribution in [1.29, 1.82) is 0 Å². The summed E-state index contributed by atoms with van der Waals surface area (Å²) in [5.74, 6) is 1.82. The topological polar surface area (TPSA) is 28.7 Å². The second-order valence-electron chi connectivity index (χ2n) is 4.54. The summed E-state index contributed by atoms with van der Waals surface area (Å²) >= 11 is 0. The summed E-state index contributed by atoms with van der Waals surface area (Å²) in [6.45, 7) is 3.89. The Morgan fingerprint density at radius 2 is 1.78 bits per heavy atom. The van der Waals surface area contributed by atoms with Gasteiger partial charge in [0.2, 0.25) is 0 Å². The number of hydrogen-bond acceptors (Lipinski definition) is 3. The molecule has 0 aliphatic rings. The van der Waals surface area contributed by atoms with E-state index < -0.39 is 0 Å². The van der Waals surface area contributed by atoms with Gasteiger partial charge in [-0.2, -0.15) is 0 Å². The smallest absolute Gasteiger partial charge is 0.109 e. The molecule has 18 heavy (non-hydrogen) atoms. The number of nitrogens with zero attached hydrogens (tertiary/aromatic N) is 2. The van der Waals surface area contributed by atoms with Crippen LogP contribution in [0.2, 0.25) is 0 Å². The number of rotatable bonds is 3. The van der Waals surface area contributed by atoms with Gasteiger partial charge < -0.3 is 9.32 Å². The van der Waals surface area contributed by atoms with E-state index >= 15 is 0 Å². The van der Waals surface area contributed by atoms with Gasteiger partial charge in [0, 0.05) is 31.6 Å². The molecule has 0 unspecified atom stereocenters. The van der Waals surface area contributed by atoms with Gasteiger partial charge in [0.1, 0.15) is 11.5 Å². The van der Waals surface area contributed by atoms with E-state index in [1.165, 1.54) is 5.69 Å². The van der Waals surface area contributed by atoms with E-state index in [2.05, 4.69) is 22.0 Å². The molecule has 0 saturated carbocycles. The molecule has 2 rings (SSSR count). The predicted octanol–water partition coefficient (Wildman–Crippen LogP) is 3.71. The molecule has 94 valence electrons. The van der Waals surface area contributed by atoms with Crippen LogP contribution in [0.15, 0.2) is 39.7 Å². The van der Waals surface area contributed by atoms with Gasteiger partial charge >= 0.3 is 0 Å². The van der Waals surface area contributed by atoms with Crippen molar-refractivity contribution in [3.8, 4) is 0 Å². The van der Waals surface area contributed by atoms with Crippen molar-refractivity contribution in [2.45, 2.75) is 13.8 Å². The molecule has 0 aliphatic carbocycles. The van der Waals surface area contributed by atoms with E-state index in [9.17, 15) is 0 Å². The SMILES string of the molecule is Cc1cc(C=Nc2ccc(N(C)C)cc2)c(C)o1. The lowest BCUT2D eigenvalue weighted by Crippen LogP contribution is -2.07. The highest BCUT2D eigenvalue weighted by Crippen LogP contribution is 2.19. The molecule has 0 bridgehead atoms. The van der Waals surface area contributed by atoms with E-state index in [4.69, 9.17) is 4.42 Å². The van der Waals surface area contributed by atoms with Gasteiger partial charge in [-0.15, -0.1) is 0 Å². The number of anilines is 1. The Bertz CT molecular complexity index is 550. The Hall–Kier alpha value is -2.03. The maximum absolute atomic E-state index is 5.46. The Morgan fingerprint density at radius 3 is 2.28 bits per heavy atom. The second kappa shape index (κ2) is 5.08. The van der Waals surface area contributed by atoms with Crippen LogP contribution in [0, 0.1) is 13.8 Å². The molecule has 0 N–H and O–H groups in total. The van der Waals surface area contributed by atoms with E-state index in [0.717, 1.165) is 22.8 Å². The minimum Gasteiger partial charge on any atom is -0.466 e. The van der Waals surface area contributed by atoms with Crippen LogP contribution in [0.5, 0.6) is 0 Å². The summed E-state index contributed by atoms with van der Waals surface area (Å²) in [5.41, 5.74) is 3.15. The third-order valence-electron chi connectivity index (χ3n) is 2.80. The second-order valence-corrected chi connectivity index (χ2v) is 4.54. The molecule has 0 atom stereocenters. The van der Waals surface area contributed by atoms with Crippen molar-refractivity contribution in [2.75, 3.05) is 19.0 Å². The first-order valence-electron chi connectivity index (χ1n) is 5.95. The Morgan fingerprint density at radius 1 is 1.11 bits per heavy atom. The Balaban J connectivity index is 2.16. The highest BCUT2D eigenvalue weighted by Gasteiger charge is 2.01. The van der Waals surface area contributed by atoms with Crippen molar-refractivity contribution < 1.29 is 4.42 Å². The fourth-order valence-electron chi connectivity index (χ4n) is 1.76. The molecular formula is C15H18N2O. The number of benzene rings is 1. The number of furan rings is 1. The van der Waals surface area contributed by atoms with Gasteiger partial charge in [-0.25, -0.2) is 0 Å². The third kappa shape index (κ3) is 2.80. The Labute approximate surface area is 108 Å². The average molecular weight is 242 g/mol. The van der Waals surface area contributed by atoms with Crippen LogP contribution < -0.4 is 4.90 Å². The van der Waals surface area contributed by atoms with E-state index in [-0.39, 0.29) is 0 Å². The highest BCUT2D eigenvalue weighted by atomic mass is 16.3. The van der Waals surface area contributed by atoms with Gasteiger partial charge in [-0.1, -0.05) is 0 Å².